The van der Waals surface area contributed by atoms with E-state index in [1.54, 1.807) is 0 Å². The van der Waals surface area contributed by atoms with Crippen LogP contribution in [0.3, 0.4) is 0 Å². The molecule has 4 aliphatic rings. The summed E-state index contributed by atoms with van der Waals surface area (Å²) in [7, 11) is 0. The highest BCUT2D eigenvalue weighted by atomic mass is 35.5. The molecule has 4 aromatic carbocycles. The fraction of sp³-hybridized carbons (Fsp3) is 0.537. The smallest absolute Gasteiger partial charge is 0.312 e. The number of rotatable bonds is 18. The van der Waals surface area contributed by atoms with Gasteiger partial charge in [-0.15, -0.1) is 99.3 Å². The van der Waals surface area contributed by atoms with Gasteiger partial charge < -0.3 is 24.7 Å². The largest absolute Gasteiger partial charge is 0.481 e. The highest BCUT2D eigenvalue weighted by molar-refractivity contribution is 6.31. The molecule has 4 fully saturated rings. The zero-order valence-corrected chi connectivity index (χ0v) is 51.8. The van der Waals surface area contributed by atoms with Crippen LogP contribution in [0.2, 0.25) is 15.1 Å². The first-order chi connectivity index (χ1) is 32.7. The summed E-state index contributed by atoms with van der Waals surface area (Å²) < 4.78 is 0. The molecule has 1 unspecified atom stereocenters. The number of carboxylic acid groups (broad SMARTS) is 1. The lowest BCUT2D eigenvalue weighted by atomic mass is 9.98. The molecule has 4 heterocycles. The van der Waals surface area contributed by atoms with Gasteiger partial charge in [0.2, 0.25) is 0 Å². The molecule has 0 spiro atoms. The van der Waals surface area contributed by atoms with E-state index in [1.807, 2.05) is 66.7 Å². The van der Waals surface area contributed by atoms with Crippen molar-refractivity contribution in [2.45, 2.75) is 51.2 Å². The van der Waals surface area contributed by atoms with Gasteiger partial charge in [0.25, 0.3) is 0 Å². The summed E-state index contributed by atoms with van der Waals surface area (Å²) >= 11 is 18.0. The van der Waals surface area contributed by atoms with E-state index in [4.69, 9.17) is 34.8 Å². The predicted octanol–water partition coefficient (Wildman–Crippen LogP) is 11.8. The summed E-state index contributed by atoms with van der Waals surface area (Å²) in [5.74, 6) is -1.19. The van der Waals surface area contributed by atoms with Crippen LogP contribution in [-0.2, 0) is 24.4 Å². The normalized spacial score (nSPS) is 17.7. The molecule has 10 nitrogen and oxygen atoms in total. The van der Waals surface area contributed by atoms with E-state index in [9.17, 15) is 9.90 Å². The van der Waals surface area contributed by atoms with Crippen molar-refractivity contribution in [1.82, 2.24) is 39.2 Å². The Morgan fingerprint density at radius 3 is 0.960 bits per heavy atom. The van der Waals surface area contributed by atoms with Gasteiger partial charge in [0, 0.05) is 120 Å². The molecule has 4 saturated heterocycles. The molecule has 0 radical (unpaired) electrons. The lowest BCUT2D eigenvalue weighted by Crippen LogP contribution is -2.49. The standard InChI is InChI=1S/C27H38Cl2N4.C27H37ClN4O2.8ClH/c28-26-8-4-24(5-9-26)22-32-16-2-14-30(18-20-32)12-1-13-31-15-3-17-33(21-19-31)23-25-6-10-27(29)11-7-25;28-25-9-7-23(8-10-25)21-31-17-13-29(14-18-31)11-4-12-30-15-19-32(20-16-30)22-26(27(33)34)24-5-2-1-3-6-24;;;;;;;;/h4-11H,1-3,12-23H2;1-3,5-10,26H,4,11-22H2,(H,33,34);8*1H. The fourth-order valence-corrected chi connectivity index (χ4v) is 10.4. The average Bonchev–Trinajstić information content (AvgIpc) is 3.72. The number of halogens is 11. The second-order valence-electron chi connectivity index (χ2n) is 19.1. The number of carbonyl (C=O) groups is 1. The third-order valence-electron chi connectivity index (χ3n) is 14.1. The number of aliphatic carboxylic acids is 1. The number of carboxylic acids is 1. The predicted molar refractivity (Wildman–Crippen MR) is 336 cm³/mol. The molecular weight excluding hydrogens is 1180 g/mol. The van der Waals surface area contributed by atoms with Crippen LogP contribution in [0.15, 0.2) is 103 Å². The number of hydrogen-bond acceptors (Lipinski definition) is 9. The van der Waals surface area contributed by atoms with Gasteiger partial charge in [-0.3, -0.25) is 24.4 Å². The van der Waals surface area contributed by atoms with E-state index in [2.05, 4.69) is 75.6 Å². The molecule has 0 amide bonds. The van der Waals surface area contributed by atoms with Crippen molar-refractivity contribution < 1.29 is 9.90 Å². The van der Waals surface area contributed by atoms with Crippen LogP contribution in [0, 0.1) is 0 Å². The quantitative estimate of drug-likeness (QED) is 0.104. The molecule has 0 bridgehead atoms. The molecule has 75 heavy (non-hydrogen) atoms. The van der Waals surface area contributed by atoms with Crippen molar-refractivity contribution in [1.29, 1.82) is 0 Å². The highest BCUT2D eigenvalue weighted by Crippen LogP contribution is 2.20. The van der Waals surface area contributed by atoms with Crippen LogP contribution in [0.1, 0.15) is 53.9 Å². The SMILES string of the molecule is Cl.Cl.Cl.Cl.Cl.Cl.Cl.Cl.Clc1ccc(CN2CCCN(CCCN3CCCN(Cc4ccc(Cl)cc4)CC3)CC2)cc1.O=C(O)C(CN1CCN(CCCN2CCN(Cc3ccc(Cl)cc3)CC2)CC1)c1ccccc1. The van der Waals surface area contributed by atoms with Crippen molar-refractivity contribution in [3.05, 3.63) is 140 Å². The van der Waals surface area contributed by atoms with Gasteiger partial charge in [-0.05, 0) is 137 Å². The molecule has 4 aromatic rings. The van der Waals surface area contributed by atoms with Crippen molar-refractivity contribution in [3.8, 4) is 0 Å². The Labute approximate surface area is 514 Å². The van der Waals surface area contributed by atoms with Crippen LogP contribution in [0.4, 0.5) is 0 Å². The van der Waals surface area contributed by atoms with Gasteiger partial charge in [-0.25, -0.2) is 0 Å². The van der Waals surface area contributed by atoms with Gasteiger partial charge >= 0.3 is 5.97 Å². The Morgan fingerprint density at radius 2 is 0.640 bits per heavy atom. The topological polar surface area (TPSA) is 63.2 Å². The molecular formula is C54H83Cl11N8O2. The van der Waals surface area contributed by atoms with Crippen molar-refractivity contribution >= 4 is 140 Å². The number of piperazine rings is 2. The summed E-state index contributed by atoms with van der Waals surface area (Å²) in [4.78, 5) is 32.3. The van der Waals surface area contributed by atoms with E-state index in [-0.39, 0.29) is 99.3 Å². The number of nitrogens with zero attached hydrogens (tertiary/aromatic N) is 8. The summed E-state index contributed by atoms with van der Waals surface area (Å²) in [6, 6.07) is 34.4. The average molecular weight is 1270 g/mol. The third-order valence-corrected chi connectivity index (χ3v) is 14.8. The van der Waals surface area contributed by atoms with Crippen LogP contribution in [-0.4, -0.2) is 188 Å². The van der Waals surface area contributed by atoms with Crippen LogP contribution >= 0.6 is 134 Å². The minimum Gasteiger partial charge on any atom is -0.481 e. The van der Waals surface area contributed by atoms with Crippen molar-refractivity contribution in [3.63, 3.8) is 0 Å². The van der Waals surface area contributed by atoms with E-state index in [0.29, 0.717) is 6.54 Å². The Hall–Kier alpha value is -0.780. The van der Waals surface area contributed by atoms with E-state index < -0.39 is 11.9 Å². The maximum absolute atomic E-state index is 11.8. The summed E-state index contributed by atoms with van der Waals surface area (Å²) in [6.07, 6.45) is 4.99. The molecule has 0 aliphatic carbocycles. The Bertz CT molecular complexity index is 1960. The Morgan fingerprint density at radius 1 is 0.373 bits per heavy atom. The second-order valence-corrected chi connectivity index (χ2v) is 20.4. The summed E-state index contributed by atoms with van der Waals surface area (Å²) in [6.45, 7) is 26.3. The molecule has 0 aromatic heterocycles. The zero-order chi connectivity index (χ0) is 46.6. The van der Waals surface area contributed by atoms with Crippen LogP contribution in [0.5, 0.6) is 0 Å². The number of benzene rings is 4. The molecule has 428 valence electrons. The molecule has 8 rings (SSSR count). The number of hydrogen-bond donors (Lipinski definition) is 1. The Kier molecular flexibility index (Phi) is 42.8. The molecule has 1 N–H and O–H groups in total. The summed E-state index contributed by atoms with van der Waals surface area (Å²) in [5.41, 5.74) is 4.94. The lowest BCUT2D eigenvalue weighted by molar-refractivity contribution is -0.139. The first kappa shape index (κ1) is 76.3. The lowest BCUT2D eigenvalue weighted by Gasteiger charge is -2.37. The van der Waals surface area contributed by atoms with Gasteiger partial charge in [0.05, 0.1) is 5.92 Å². The van der Waals surface area contributed by atoms with E-state index >= 15 is 0 Å². The van der Waals surface area contributed by atoms with Gasteiger partial charge in [0.1, 0.15) is 0 Å². The first-order valence-corrected chi connectivity index (χ1v) is 26.1. The third kappa shape index (κ3) is 28.0. The van der Waals surface area contributed by atoms with E-state index in [0.717, 1.165) is 119 Å². The minimum atomic E-state index is -0.734. The van der Waals surface area contributed by atoms with Gasteiger partial charge in [0.15, 0.2) is 0 Å². The van der Waals surface area contributed by atoms with Gasteiger partial charge in [-0.1, -0.05) is 102 Å². The molecule has 21 heteroatoms. The van der Waals surface area contributed by atoms with Crippen LogP contribution < -0.4 is 0 Å². The summed E-state index contributed by atoms with van der Waals surface area (Å²) in [5, 5.41) is 12.1. The van der Waals surface area contributed by atoms with Crippen molar-refractivity contribution in [2.75, 3.05) is 137 Å². The monoisotopic (exact) mass is 1260 g/mol. The first-order valence-electron chi connectivity index (χ1n) is 25.0. The maximum Gasteiger partial charge on any atom is 0.312 e. The molecule has 4 aliphatic heterocycles. The van der Waals surface area contributed by atoms with Gasteiger partial charge in [-0.2, -0.15) is 0 Å². The highest BCUT2D eigenvalue weighted by Gasteiger charge is 2.26. The second kappa shape index (κ2) is 42.1. The molecule has 0 saturated carbocycles. The van der Waals surface area contributed by atoms with Crippen LogP contribution in [0.25, 0.3) is 0 Å². The zero-order valence-electron chi connectivity index (χ0n) is 43.0. The van der Waals surface area contributed by atoms with Crippen molar-refractivity contribution in [2.24, 2.45) is 0 Å². The molecule has 1 atom stereocenters. The van der Waals surface area contributed by atoms with E-state index in [1.165, 1.54) is 94.7 Å². The fourth-order valence-electron chi connectivity index (χ4n) is 10.0. The minimum absolute atomic E-state index is 0. The maximum atomic E-state index is 11.8. The Balaban J connectivity index is 0.